The maximum Gasteiger partial charge on any atom is 0.308 e. The summed E-state index contributed by atoms with van der Waals surface area (Å²) in [7, 11) is 0. The molecule has 0 bridgehead atoms. The van der Waals surface area contributed by atoms with Crippen LogP contribution in [0.25, 0.3) is 0 Å². The molecule has 1 fully saturated rings. The highest BCUT2D eigenvalue weighted by Crippen LogP contribution is 2.34. The molecule has 1 saturated heterocycles. The van der Waals surface area contributed by atoms with Gasteiger partial charge in [0.15, 0.2) is 12.4 Å². The number of carbonyl (C=O) groups excluding carboxylic acids is 4. The lowest BCUT2D eigenvalue weighted by molar-refractivity contribution is -0.145. The number of rotatable bonds is 6. The van der Waals surface area contributed by atoms with Crippen LogP contribution in [0.1, 0.15) is 40.7 Å². The van der Waals surface area contributed by atoms with Gasteiger partial charge in [-0.1, -0.05) is 24.3 Å². The summed E-state index contributed by atoms with van der Waals surface area (Å²) in [4.78, 5) is 49.9. The molecule has 2 atom stereocenters. The molecule has 3 rings (SSSR count). The van der Waals surface area contributed by atoms with Gasteiger partial charge >= 0.3 is 5.97 Å². The molecule has 142 valence electrons. The summed E-state index contributed by atoms with van der Waals surface area (Å²) in [5.41, 5.74) is 2.57. The van der Waals surface area contributed by atoms with Crippen molar-refractivity contribution in [3.63, 3.8) is 0 Å². The molecule has 0 N–H and O–H groups in total. The number of imide groups is 1. The van der Waals surface area contributed by atoms with Gasteiger partial charge < -0.3 is 4.74 Å². The van der Waals surface area contributed by atoms with Gasteiger partial charge in [0.2, 0.25) is 11.8 Å². The summed E-state index contributed by atoms with van der Waals surface area (Å²) in [6.07, 6.45) is 4.87. The molecule has 27 heavy (non-hydrogen) atoms. The lowest BCUT2D eigenvalue weighted by Gasteiger charge is -2.14. The van der Waals surface area contributed by atoms with Crippen molar-refractivity contribution in [1.29, 1.82) is 0 Å². The highest BCUT2D eigenvalue weighted by molar-refractivity contribution is 6.05. The molecule has 1 aromatic carbocycles. The molecule has 1 heterocycles. The fraction of sp³-hybridized carbons (Fsp3) is 0.429. The molecular weight excluding hydrogens is 346 g/mol. The van der Waals surface area contributed by atoms with E-state index in [1.54, 1.807) is 12.1 Å². The Morgan fingerprint density at radius 1 is 1.04 bits per heavy atom. The largest absolute Gasteiger partial charge is 0.457 e. The number of amides is 2. The van der Waals surface area contributed by atoms with E-state index in [1.165, 1.54) is 0 Å². The molecular formula is C21H23NO5. The lowest BCUT2D eigenvalue weighted by atomic mass is 9.85. The molecule has 0 aromatic heterocycles. The van der Waals surface area contributed by atoms with Crippen molar-refractivity contribution >= 4 is 23.6 Å². The Morgan fingerprint density at radius 2 is 1.67 bits per heavy atom. The van der Waals surface area contributed by atoms with Crippen LogP contribution in [0, 0.1) is 25.7 Å². The van der Waals surface area contributed by atoms with Crippen molar-refractivity contribution in [2.45, 2.75) is 33.1 Å². The molecule has 2 amide bonds. The molecule has 1 aliphatic carbocycles. The summed E-state index contributed by atoms with van der Waals surface area (Å²) >= 11 is 0. The van der Waals surface area contributed by atoms with Crippen LogP contribution in [0.2, 0.25) is 0 Å². The van der Waals surface area contributed by atoms with Crippen molar-refractivity contribution in [3.05, 3.63) is 47.0 Å². The van der Waals surface area contributed by atoms with E-state index in [1.807, 2.05) is 32.1 Å². The fourth-order valence-electron chi connectivity index (χ4n) is 3.51. The third-order valence-electron chi connectivity index (χ3n) is 5.33. The second-order valence-corrected chi connectivity index (χ2v) is 7.12. The van der Waals surface area contributed by atoms with Crippen LogP contribution in [0.15, 0.2) is 30.4 Å². The van der Waals surface area contributed by atoms with Crippen LogP contribution >= 0.6 is 0 Å². The van der Waals surface area contributed by atoms with Gasteiger partial charge in [0, 0.05) is 12.1 Å². The highest BCUT2D eigenvalue weighted by atomic mass is 16.5. The number of benzene rings is 1. The molecule has 1 aliphatic heterocycles. The van der Waals surface area contributed by atoms with Crippen molar-refractivity contribution in [3.8, 4) is 0 Å². The van der Waals surface area contributed by atoms with E-state index in [4.69, 9.17) is 4.74 Å². The number of nitrogens with zero attached hydrogens (tertiary/aromatic N) is 1. The van der Waals surface area contributed by atoms with Gasteiger partial charge in [-0.05, 0) is 43.9 Å². The van der Waals surface area contributed by atoms with Crippen molar-refractivity contribution in [1.82, 2.24) is 4.90 Å². The third kappa shape index (κ3) is 3.99. The van der Waals surface area contributed by atoms with Crippen LogP contribution in [0.5, 0.6) is 0 Å². The smallest absolute Gasteiger partial charge is 0.308 e. The van der Waals surface area contributed by atoms with Gasteiger partial charge in [-0.3, -0.25) is 24.1 Å². The number of ether oxygens (including phenoxy) is 1. The fourth-order valence-corrected chi connectivity index (χ4v) is 3.51. The second kappa shape index (κ2) is 7.86. The van der Waals surface area contributed by atoms with Crippen molar-refractivity contribution in [2.24, 2.45) is 11.8 Å². The average Bonchev–Trinajstić information content (AvgIpc) is 2.91. The summed E-state index contributed by atoms with van der Waals surface area (Å²) in [6, 6.07) is 5.32. The molecule has 6 heteroatoms. The minimum absolute atomic E-state index is 0.00132. The zero-order chi connectivity index (χ0) is 19.6. The summed E-state index contributed by atoms with van der Waals surface area (Å²) in [5.74, 6) is -1.91. The molecule has 0 radical (unpaired) electrons. The van der Waals surface area contributed by atoms with Gasteiger partial charge in [-0.2, -0.15) is 0 Å². The monoisotopic (exact) mass is 369 g/mol. The quantitative estimate of drug-likeness (QED) is 0.333. The Labute approximate surface area is 158 Å². The first kappa shape index (κ1) is 19.0. The van der Waals surface area contributed by atoms with E-state index in [0.29, 0.717) is 18.4 Å². The Morgan fingerprint density at radius 3 is 2.26 bits per heavy atom. The molecule has 0 unspecified atom stereocenters. The van der Waals surface area contributed by atoms with Crippen LogP contribution in [-0.4, -0.2) is 41.6 Å². The molecule has 6 nitrogen and oxygen atoms in total. The normalized spacial score (nSPS) is 21.3. The number of hydrogen-bond acceptors (Lipinski definition) is 5. The summed E-state index contributed by atoms with van der Waals surface area (Å²) in [6.45, 7) is 3.52. The number of likely N-dealkylation sites (tertiary alicyclic amines) is 1. The first-order chi connectivity index (χ1) is 12.9. The molecule has 0 saturated carbocycles. The van der Waals surface area contributed by atoms with Crippen LogP contribution < -0.4 is 0 Å². The van der Waals surface area contributed by atoms with Crippen LogP contribution in [0.3, 0.4) is 0 Å². The maximum atomic E-state index is 12.3. The molecule has 2 aliphatic rings. The Balaban J connectivity index is 1.48. The zero-order valence-corrected chi connectivity index (χ0v) is 15.6. The minimum atomic E-state index is -0.596. The van der Waals surface area contributed by atoms with E-state index in [0.717, 1.165) is 16.0 Å². The van der Waals surface area contributed by atoms with Gasteiger partial charge in [0.1, 0.15) is 0 Å². The summed E-state index contributed by atoms with van der Waals surface area (Å²) < 4.78 is 5.03. The number of ketones is 1. The predicted molar refractivity (Wildman–Crippen MR) is 97.9 cm³/mol. The van der Waals surface area contributed by atoms with Crippen LogP contribution in [-0.2, 0) is 19.1 Å². The summed E-state index contributed by atoms with van der Waals surface area (Å²) in [5, 5.41) is 0. The highest BCUT2D eigenvalue weighted by Gasteiger charge is 2.46. The number of allylic oxidation sites excluding steroid dienone is 2. The van der Waals surface area contributed by atoms with E-state index in [9.17, 15) is 19.2 Å². The SMILES string of the molecule is Cc1ccc(C(=O)COC(=O)CCN2C(=O)[C@H]3CC=CC[C@H]3C2=O)cc1C. The average molecular weight is 369 g/mol. The second-order valence-electron chi connectivity index (χ2n) is 7.12. The lowest BCUT2D eigenvalue weighted by Crippen LogP contribution is -2.33. The standard InChI is InChI=1S/C21H23NO5/c1-13-7-8-15(11-14(13)2)18(23)12-27-19(24)9-10-22-20(25)16-5-3-4-6-17(16)21(22)26/h3-4,7-8,11,16-17H,5-6,9-10,12H2,1-2H3/t16-,17+. The minimum Gasteiger partial charge on any atom is -0.457 e. The van der Waals surface area contributed by atoms with E-state index >= 15 is 0 Å². The number of fused-ring (bicyclic) bond motifs is 1. The Hall–Kier alpha value is -2.76. The first-order valence-electron chi connectivity index (χ1n) is 9.14. The topological polar surface area (TPSA) is 80.8 Å². The Bertz CT molecular complexity index is 800. The predicted octanol–water partition coefficient (Wildman–Crippen LogP) is 2.37. The number of hydrogen-bond donors (Lipinski definition) is 0. The number of aryl methyl sites for hydroxylation is 2. The van der Waals surface area contributed by atoms with Gasteiger partial charge in [0.05, 0.1) is 18.3 Å². The van der Waals surface area contributed by atoms with E-state index < -0.39 is 5.97 Å². The van der Waals surface area contributed by atoms with E-state index in [2.05, 4.69) is 0 Å². The molecule has 0 spiro atoms. The van der Waals surface area contributed by atoms with Gasteiger partial charge in [-0.15, -0.1) is 0 Å². The van der Waals surface area contributed by atoms with E-state index in [-0.39, 0.29) is 49.0 Å². The van der Waals surface area contributed by atoms with Crippen molar-refractivity contribution in [2.75, 3.05) is 13.2 Å². The third-order valence-corrected chi connectivity index (χ3v) is 5.33. The van der Waals surface area contributed by atoms with Crippen LogP contribution in [0.4, 0.5) is 0 Å². The number of esters is 1. The van der Waals surface area contributed by atoms with Gasteiger partial charge in [0.25, 0.3) is 0 Å². The zero-order valence-electron chi connectivity index (χ0n) is 15.6. The maximum absolute atomic E-state index is 12.3. The number of Topliss-reactive ketones (excluding diaryl/α,β-unsaturated/α-hetero) is 1. The van der Waals surface area contributed by atoms with Crippen molar-refractivity contribution < 1.29 is 23.9 Å². The Kier molecular flexibility index (Phi) is 5.54. The molecule has 1 aromatic rings. The first-order valence-corrected chi connectivity index (χ1v) is 9.14. The van der Waals surface area contributed by atoms with Gasteiger partial charge in [-0.25, -0.2) is 0 Å². The number of carbonyl (C=O) groups is 4.